The minimum Gasteiger partial charge on any atom is -0.352 e. The van der Waals surface area contributed by atoms with Gasteiger partial charge < -0.3 is 10.2 Å². The molecule has 3 rings (SSSR count). The van der Waals surface area contributed by atoms with Crippen LogP contribution in [0.1, 0.15) is 69.9 Å². The molecule has 0 aliphatic heterocycles. The van der Waals surface area contributed by atoms with E-state index in [0.29, 0.717) is 27.7 Å². The average molecular weight is 583 g/mol. The van der Waals surface area contributed by atoms with Crippen molar-refractivity contribution in [2.24, 2.45) is 0 Å². The van der Waals surface area contributed by atoms with E-state index >= 15 is 0 Å². The monoisotopic (exact) mass is 581 g/mol. The lowest BCUT2D eigenvalue weighted by molar-refractivity contribution is -0.140. The fraction of sp³-hybridized carbons (Fsp3) is 0.500. The molecular weight excluding hydrogens is 545 g/mol. The van der Waals surface area contributed by atoms with Crippen LogP contribution >= 0.6 is 23.2 Å². The van der Waals surface area contributed by atoms with E-state index in [0.717, 1.165) is 41.8 Å². The smallest absolute Gasteiger partial charge is 0.244 e. The summed E-state index contributed by atoms with van der Waals surface area (Å²) in [6.07, 6.45) is 5.39. The summed E-state index contributed by atoms with van der Waals surface area (Å²) in [5.41, 5.74) is 2.14. The first-order valence-corrected chi connectivity index (χ1v) is 15.6. The van der Waals surface area contributed by atoms with E-state index in [1.54, 1.807) is 30.3 Å². The van der Waals surface area contributed by atoms with Crippen LogP contribution in [0.2, 0.25) is 10.0 Å². The Morgan fingerprint density at radius 2 is 1.66 bits per heavy atom. The summed E-state index contributed by atoms with van der Waals surface area (Å²) in [5.74, 6) is -0.439. The zero-order valence-electron chi connectivity index (χ0n) is 22.4. The van der Waals surface area contributed by atoms with E-state index in [2.05, 4.69) is 19.2 Å². The number of sulfonamides is 1. The fourth-order valence-electron chi connectivity index (χ4n) is 4.76. The van der Waals surface area contributed by atoms with Crippen molar-refractivity contribution in [3.63, 3.8) is 0 Å². The lowest BCUT2D eigenvalue weighted by Gasteiger charge is -2.33. The highest BCUT2D eigenvalue weighted by Crippen LogP contribution is 2.26. The van der Waals surface area contributed by atoms with Gasteiger partial charge in [-0.15, -0.1) is 0 Å². The number of anilines is 1. The van der Waals surface area contributed by atoms with Crippen LogP contribution in [0.5, 0.6) is 0 Å². The lowest BCUT2D eigenvalue weighted by Crippen LogP contribution is -2.53. The summed E-state index contributed by atoms with van der Waals surface area (Å²) < 4.78 is 26.7. The van der Waals surface area contributed by atoms with Crippen molar-refractivity contribution >= 4 is 50.7 Å². The Hall–Kier alpha value is -2.29. The number of carbonyl (C=O) groups excluding carboxylic acids is 2. The van der Waals surface area contributed by atoms with Gasteiger partial charge in [-0.25, -0.2) is 8.42 Å². The molecule has 1 atom stereocenters. The number of benzene rings is 2. The molecule has 0 bridgehead atoms. The molecule has 1 saturated carbocycles. The van der Waals surface area contributed by atoms with Crippen LogP contribution in [-0.2, 0) is 26.2 Å². The van der Waals surface area contributed by atoms with E-state index in [1.807, 2.05) is 19.1 Å². The van der Waals surface area contributed by atoms with Gasteiger partial charge in [-0.05, 0) is 60.6 Å². The van der Waals surface area contributed by atoms with Gasteiger partial charge in [0.2, 0.25) is 21.8 Å². The average Bonchev–Trinajstić information content (AvgIpc) is 3.36. The molecule has 7 nitrogen and oxygen atoms in total. The lowest BCUT2D eigenvalue weighted by atomic mass is 10.0. The van der Waals surface area contributed by atoms with Crippen LogP contribution in [-0.4, -0.2) is 50.0 Å². The molecule has 2 aromatic rings. The molecule has 1 aliphatic rings. The summed E-state index contributed by atoms with van der Waals surface area (Å²) in [5, 5.41) is 3.81. The van der Waals surface area contributed by atoms with E-state index in [1.165, 1.54) is 4.90 Å². The van der Waals surface area contributed by atoms with Gasteiger partial charge in [-0.1, -0.05) is 75.0 Å². The number of halogens is 2. The molecule has 0 saturated heterocycles. The number of amides is 2. The summed E-state index contributed by atoms with van der Waals surface area (Å²) >= 11 is 12.3. The summed E-state index contributed by atoms with van der Waals surface area (Å²) in [4.78, 5) is 28.6. The van der Waals surface area contributed by atoms with Crippen molar-refractivity contribution in [3.8, 4) is 0 Å². The number of hydrogen-bond donors (Lipinski definition) is 1. The van der Waals surface area contributed by atoms with Gasteiger partial charge in [-0.2, -0.15) is 0 Å². The maximum atomic E-state index is 13.8. The predicted octanol–water partition coefficient (Wildman–Crippen LogP) is 5.75. The second kappa shape index (κ2) is 13.2. The number of carbonyl (C=O) groups is 2. The molecule has 2 amide bonds. The first-order valence-electron chi connectivity index (χ1n) is 13.0. The Morgan fingerprint density at radius 1 is 1.03 bits per heavy atom. The first kappa shape index (κ1) is 30.3. The standard InChI is InChI=1S/C28H37Cl2N3O4S/c1-5-26(28(35)31-22-8-6-7-9-22)32(17-20-10-15-24(29)25(30)16-20)27(34)18-33(38(4,36)37)23-13-11-21(12-14-23)19(2)3/h10-16,19,22,26H,5-9,17-18H2,1-4H3,(H,31,35). The van der Waals surface area contributed by atoms with Crippen LogP contribution in [0, 0.1) is 0 Å². The fourth-order valence-corrected chi connectivity index (χ4v) is 5.93. The molecule has 1 fully saturated rings. The Morgan fingerprint density at radius 3 is 2.18 bits per heavy atom. The molecular formula is C28H37Cl2N3O4S. The number of nitrogens with one attached hydrogen (secondary N) is 1. The minimum atomic E-state index is -3.79. The van der Waals surface area contributed by atoms with E-state index in [9.17, 15) is 18.0 Å². The van der Waals surface area contributed by atoms with Crippen LogP contribution in [0.15, 0.2) is 42.5 Å². The third-order valence-electron chi connectivity index (χ3n) is 6.95. The molecule has 2 aromatic carbocycles. The Balaban J connectivity index is 1.93. The van der Waals surface area contributed by atoms with Crippen LogP contribution < -0.4 is 9.62 Å². The highest BCUT2D eigenvalue weighted by atomic mass is 35.5. The van der Waals surface area contributed by atoms with Crippen LogP contribution in [0.25, 0.3) is 0 Å². The van der Waals surface area contributed by atoms with Crippen molar-refractivity contribution in [1.82, 2.24) is 10.2 Å². The second-order valence-corrected chi connectivity index (χ2v) is 12.9. The highest BCUT2D eigenvalue weighted by Gasteiger charge is 2.33. The topological polar surface area (TPSA) is 86.8 Å². The van der Waals surface area contributed by atoms with E-state index < -0.39 is 28.5 Å². The largest absolute Gasteiger partial charge is 0.352 e. The Kier molecular flexibility index (Phi) is 10.5. The zero-order valence-corrected chi connectivity index (χ0v) is 24.7. The van der Waals surface area contributed by atoms with Gasteiger partial charge in [-0.3, -0.25) is 13.9 Å². The molecule has 208 valence electrons. The third kappa shape index (κ3) is 7.87. The van der Waals surface area contributed by atoms with E-state index in [-0.39, 0.29) is 24.4 Å². The second-order valence-electron chi connectivity index (χ2n) is 10.2. The maximum absolute atomic E-state index is 13.8. The molecule has 0 spiro atoms. The van der Waals surface area contributed by atoms with Crippen LogP contribution in [0.4, 0.5) is 5.69 Å². The molecule has 38 heavy (non-hydrogen) atoms. The highest BCUT2D eigenvalue weighted by molar-refractivity contribution is 7.92. The van der Waals surface area contributed by atoms with Crippen molar-refractivity contribution < 1.29 is 18.0 Å². The molecule has 0 aromatic heterocycles. The van der Waals surface area contributed by atoms with E-state index in [4.69, 9.17) is 23.2 Å². The minimum absolute atomic E-state index is 0.0796. The maximum Gasteiger partial charge on any atom is 0.244 e. The van der Waals surface area contributed by atoms with Gasteiger partial charge in [0.05, 0.1) is 22.0 Å². The van der Waals surface area contributed by atoms with Crippen molar-refractivity contribution in [2.75, 3.05) is 17.1 Å². The zero-order chi connectivity index (χ0) is 28.0. The molecule has 1 unspecified atom stereocenters. The normalized spacial score (nSPS) is 14.9. The molecule has 0 heterocycles. The van der Waals surface area contributed by atoms with Gasteiger partial charge in [0.25, 0.3) is 0 Å². The molecule has 10 heteroatoms. The van der Waals surface area contributed by atoms with Gasteiger partial charge >= 0.3 is 0 Å². The van der Waals surface area contributed by atoms with Crippen molar-refractivity contribution in [2.45, 2.75) is 77.4 Å². The van der Waals surface area contributed by atoms with Crippen molar-refractivity contribution in [3.05, 3.63) is 63.6 Å². The van der Waals surface area contributed by atoms with Gasteiger partial charge in [0.1, 0.15) is 12.6 Å². The Bertz CT molecular complexity index is 1230. The Labute approximate surface area is 236 Å². The molecule has 1 N–H and O–H groups in total. The summed E-state index contributed by atoms with van der Waals surface area (Å²) in [7, 11) is -3.79. The number of rotatable bonds is 11. The summed E-state index contributed by atoms with van der Waals surface area (Å²) in [6.45, 7) is 5.59. The van der Waals surface area contributed by atoms with Crippen molar-refractivity contribution in [1.29, 1.82) is 0 Å². The third-order valence-corrected chi connectivity index (χ3v) is 8.83. The number of nitrogens with zero attached hydrogens (tertiary/aromatic N) is 2. The SMILES string of the molecule is CCC(C(=O)NC1CCCC1)N(Cc1ccc(Cl)c(Cl)c1)C(=O)CN(c1ccc(C(C)C)cc1)S(C)(=O)=O. The van der Waals surface area contributed by atoms with Gasteiger partial charge in [0, 0.05) is 12.6 Å². The number of hydrogen-bond acceptors (Lipinski definition) is 4. The van der Waals surface area contributed by atoms with Crippen LogP contribution in [0.3, 0.4) is 0 Å². The molecule has 0 radical (unpaired) electrons. The summed E-state index contributed by atoms with van der Waals surface area (Å²) in [6, 6.07) is 11.5. The molecule has 1 aliphatic carbocycles. The predicted molar refractivity (Wildman–Crippen MR) is 154 cm³/mol. The quantitative estimate of drug-likeness (QED) is 0.366. The van der Waals surface area contributed by atoms with Gasteiger partial charge in [0.15, 0.2) is 0 Å². The first-order chi connectivity index (χ1) is 17.9.